The van der Waals surface area contributed by atoms with Crippen molar-refractivity contribution >= 4 is 133 Å². The third-order valence-corrected chi connectivity index (χ3v) is 9.82. The van der Waals surface area contributed by atoms with Crippen LogP contribution < -0.4 is 5.32 Å². The Balaban J connectivity index is -0.0000000599. The standard InChI is InChI=1S/C11H21BrO2.C10H18O3.C7H13BrO2.C7H12O4.C7H12O2.C4H11N.CH4O.CH4.Ba.H2O4S.2H2O/c1-5-6-7-9(8-12)10(13)14-11(2,3)4;1-4-6-7-9(8(3)11)10(12)13-5-2;1-2-3-4-6(5-8)7(9)10;1-2-3-4-5(6(8)9)7(10)11;1-3-4-5-6(2)7(8)9;1-3-5-4-2;1-2;;;1-5(2,3)4;;/h9H,5-8H2,1-4H3;9H,4-7H2,1-3H3;6H,2-5H2,1H3,(H,9,10);5H,2-4H2,1H3,(H,8,9)(H,10,11);2-5H2,1H3,(H,8,9);5H,3-4H2,1-2H3;2H,1H3;1H4;;(H2,1,2,3,4);2*1H2/q;;;;;;;;+2;;;/p-2. The molecule has 0 aliphatic rings. The number of carboxylic acids is 4. The average molecular weight is 1340 g/mol. The number of nitrogens with one attached hydrogen (secondary N) is 1. The Morgan fingerprint density at radius 2 is 0.932 bits per heavy atom. The fourth-order valence-electron chi connectivity index (χ4n) is 4.46. The van der Waals surface area contributed by atoms with Gasteiger partial charge in [0.25, 0.3) is 0 Å². The quantitative estimate of drug-likeness (QED) is 0.00946. The van der Waals surface area contributed by atoms with Gasteiger partial charge in [-0.25, -0.2) is 4.79 Å². The summed E-state index contributed by atoms with van der Waals surface area (Å²) in [5.74, 6) is -6.55. The SMILES string of the molecule is C.C=C(CCCC)C(=O)O.CCCCC(C(=O)O)C(=O)O.CCCCC(C(C)=O)C(=O)OCC.CCCCC(CBr)C(=O)O.CCCCC(CBr)C(=O)OC(C)(C)C.CCNCC.CO.O=S(=O)(O)O.[Ba+2].[OH-].[OH-]. The van der Waals surface area contributed by atoms with Gasteiger partial charge < -0.3 is 51.3 Å². The zero-order valence-electron chi connectivity index (χ0n) is 45.5. The van der Waals surface area contributed by atoms with Crippen LogP contribution in [0.5, 0.6) is 0 Å². The first-order valence-corrected chi connectivity index (χ1v) is 27.0. The monoisotopic (exact) mass is 1340 g/mol. The molecule has 3 atom stereocenters. The molecule has 0 saturated heterocycles. The maximum absolute atomic E-state index is 11.6. The molecule has 0 saturated carbocycles. The van der Waals surface area contributed by atoms with E-state index in [4.69, 9.17) is 52.5 Å². The van der Waals surface area contributed by atoms with Crippen LogP contribution in [0.15, 0.2) is 12.2 Å². The molecule has 0 aromatic carbocycles. The number of carbonyl (C=O) groups is 7. The minimum absolute atomic E-state index is 0. The fourth-order valence-corrected chi connectivity index (χ4v) is 5.65. The number of ketones is 1. The second-order valence-corrected chi connectivity index (χ2v) is 17.9. The number of aliphatic carboxylic acids is 4. The molecule has 0 heterocycles. The second-order valence-electron chi connectivity index (χ2n) is 15.7. The molecule has 73 heavy (non-hydrogen) atoms. The summed E-state index contributed by atoms with van der Waals surface area (Å²) >= 11 is 6.52. The van der Waals surface area contributed by atoms with Crippen molar-refractivity contribution in [2.75, 3.05) is 37.5 Å². The number of Topliss-reactive ketones (excluding diaryl/α,β-unsaturated/α-hetero) is 1. The number of esters is 2. The molecule has 25 heteroatoms. The first kappa shape index (κ1) is 100. The minimum atomic E-state index is -4.67. The first-order chi connectivity index (χ1) is 31.9. The molecule has 21 nitrogen and oxygen atoms in total. The van der Waals surface area contributed by atoms with Crippen molar-refractivity contribution in [1.29, 1.82) is 0 Å². The van der Waals surface area contributed by atoms with Gasteiger partial charge in [-0.05, 0) is 86.2 Å². The Morgan fingerprint density at radius 1 is 0.603 bits per heavy atom. The van der Waals surface area contributed by atoms with Crippen molar-refractivity contribution in [3.63, 3.8) is 0 Å². The summed E-state index contributed by atoms with van der Waals surface area (Å²) < 4.78 is 41.7. The number of carbonyl (C=O) groups excluding carboxylic acids is 3. The zero-order valence-corrected chi connectivity index (χ0v) is 54.0. The van der Waals surface area contributed by atoms with E-state index in [2.05, 4.69) is 71.5 Å². The molecule has 0 aliphatic heterocycles. The summed E-state index contributed by atoms with van der Waals surface area (Å²) in [7, 11) is -3.67. The van der Waals surface area contributed by atoms with Crippen LogP contribution in [0.1, 0.15) is 187 Å². The van der Waals surface area contributed by atoms with Gasteiger partial charge >= 0.3 is 95.1 Å². The van der Waals surface area contributed by atoms with Gasteiger partial charge in [0, 0.05) is 23.3 Å². The number of rotatable bonds is 27. The Labute approximate surface area is 496 Å². The summed E-state index contributed by atoms with van der Waals surface area (Å²) in [4.78, 5) is 75.0. The molecule has 0 rings (SSSR count). The molecule has 0 aliphatic carbocycles. The van der Waals surface area contributed by atoms with Crippen LogP contribution in [0, 0.1) is 23.7 Å². The van der Waals surface area contributed by atoms with E-state index in [1.54, 1.807) is 6.92 Å². The van der Waals surface area contributed by atoms with Gasteiger partial charge in [0.05, 0.1) is 18.4 Å². The van der Waals surface area contributed by atoms with E-state index in [0.717, 1.165) is 90.8 Å². The molecule has 0 bridgehead atoms. The summed E-state index contributed by atoms with van der Waals surface area (Å²) in [6.07, 6.45) is 12.7. The van der Waals surface area contributed by atoms with E-state index in [1.165, 1.54) is 6.92 Å². The number of hydrogen-bond donors (Lipinski definition) is 8. The fraction of sp³-hybridized carbons (Fsp3) is 0.812. The van der Waals surface area contributed by atoms with Crippen LogP contribution in [-0.2, 0) is 53.4 Å². The molecule has 0 radical (unpaired) electrons. The van der Waals surface area contributed by atoms with Gasteiger partial charge in [0.15, 0.2) is 5.92 Å². The third-order valence-electron chi connectivity index (χ3n) is 8.26. The van der Waals surface area contributed by atoms with E-state index < -0.39 is 46.1 Å². The van der Waals surface area contributed by atoms with Crippen LogP contribution >= 0.6 is 31.9 Å². The molecular formula is C48H99BaBr2NO20S. The Bertz CT molecular complexity index is 1400. The second kappa shape index (κ2) is 70.5. The van der Waals surface area contributed by atoms with Crippen molar-refractivity contribution in [1.82, 2.24) is 5.32 Å². The van der Waals surface area contributed by atoms with Crippen LogP contribution in [0.3, 0.4) is 0 Å². The largest absolute Gasteiger partial charge is 2.00 e. The average Bonchev–Trinajstić information content (AvgIpc) is 3.24. The van der Waals surface area contributed by atoms with E-state index in [1.807, 2.05) is 41.5 Å². The van der Waals surface area contributed by atoms with Gasteiger partial charge in [-0.15, -0.1) is 0 Å². The van der Waals surface area contributed by atoms with Crippen LogP contribution in [0.25, 0.3) is 0 Å². The molecule has 0 fully saturated rings. The normalized spacial score (nSPS) is 10.7. The molecule has 0 spiro atoms. The smallest absolute Gasteiger partial charge is 0.870 e. The minimum Gasteiger partial charge on any atom is -0.870 e. The number of aliphatic hydroxyl groups excluding tert-OH is 1. The molecule has 3 unspecified atom stereocenters. The number of ether oxygens (including phenoxy) is 2. The molecule has 10 N–H and O–H groups in total. The van der Waals surface area contributed by atoms with Gasteiger partial charge in [-0.2, -0.15) is 8.42 Å². The van der Waals surface area contributed by atoms with Crippen molar-refractivity contribution in [2.45, 2.75) is 192 Å². The molecular weight excluding hydrogens is 1240 g/mol. The van der Waals surface area contributed by atoms with Crippen molar-refractivity contribution in [3.8, 4) is 0 Å². The van der Waals surface area contributed by atoms with E-state index in [0.29, 0.717) is 42.1 Å². The van der Waals surface area contributed by atoms with E-state index in [-0.39, 0.29) is 109 Å². The summed E-state index contributed by atoms with van der Waals surface area (Å²) in [5.41, 5.74) is -0.0548. The maximum Gasteiger partial charge on any atom is 2.00 e. The van der Waals surface area contributed by atoms with Crippen molar-refractivity contribution in [2.24, 2.45) is 23.7 Å². The van der Waals surface area contributed by atoms with Crippen molar-refractivity contribution in [3.05, 3.63) is 12.2 Å². The van der Waals surface area contributed by atoms with E-state index >= 15 is 0 Å². The number of alkyl halides is 2. The molecule has 438 valence electrons. The number of unbranched alkanes of at least 4 members (excludes halogenated alkanes) is 5. The third kappa shape index (κ3) is 90.4. The molecule has 0 aromatic heterocycles. The van der Waals surface area contributed by atoms with Gasteiger partial charge in [0.2, 0.25) is 0 Å². The van der Waals surface area contributed by atoms with Crippen LogP contribution in [-0.4, -0.2) is 188 Å². The Hall–Kier alpha value is -1.53. The summed E-state index contributed by atoms with van der Waals surface area (Å²) in [5, 5.41) is 45.0. The number of hydrogen-bond acceptors (Lipinski definition) is 15. The Kier molecular flexibility index (Phi) is 96.9. The van der Waals surface area contributed by atoms with Crippen LogP contribution in [0.4, 0.5) is 0 Å². The van der Waals surface area contributed by atoms with Gasteiger partial charge in [-0.3, -0.25) is 37.9 Å². The summed E-state index contributed by atoms with van der Waals surface area (Å²) in [6.45, 7) is 29.1. The maximum atomic E-state index is 11.6. The predicted molar refractivity (Wildman–Crippen MR) is 295 cm³/mol. The molecule has 0 aromatic rings. The number of aliphatic hydroxyl groups is 1. The van der Waals surface area contributed by atoms with E-state index in [9.17, 15) is 33.6 Å². The van der Waals surface area contributed by atoms with Gasteiger partial charge in [-0.1, -0.05) is 152 Å². The van der Waals surface area contributed by atoms with Crippen LogP contribution in [0.2, 0.25) is 0 Å². The number of halogens is 2. The zero-order chi connectivity index (χ0) is 56.2. The first-order valence-electron chi connectivity index (χ1n) is 23.4. The van der Waals surface area contributed by atoms with Crippen molar-refractivity contribution < 1.29 is 97.0 Å². The Morgan fingerprint density at radius 3 is 1.16 bits per heavy atom. The summed E-state index contributed by atoms with van der Waals surface area (Å²) in [6, 6.07) is 0. The van der Waals surface area contributed by atoms with Gasteiger partial charge in [0.1, 0.15) is 17.3 Å². The predicted octanol–water partition coefficient (Wildman–Crippen LogP) is 10.00. The number of carboxylic acid groups (broad SMARTS) is 4. The molecule has 0 amide bonds. The topological polar surface area (TPSA) is 386 Å².